The Morgan fingerprint density at radius 2 is 1.88 bits per heavy atom. The second kappa shape index (κ2) is 6.39. The zero-order valence-electron chi connectivity index (χ0n) is 11.6. The van der Waals surface area contributed by atoms with E-state index in [1.54, 1.807) is 6.92 Å². The summed E-state index contributed by atoms with van der Waals surface area (Å²) in [5.74, 6) is 0.473. The van der Waals surface area contributed by atoms with Gasteiger partial charge in [-0.25, -0.2) is 0 Å². The van der Waals surface area contributed by atoms with Gasteiger partial charge in [0.15, 0.2) is 0 Å². The molecule has 0 aliphatic heterocycles. The molecule has 1 aliphatic rings. The minimum atomic E-state index is -0.686. The molecule has 17 heavy (non-hydrogen) atoms. The molecule has 3 unspecified atom stereocenters. The molecule has 0 bridgehead atoms. The molecule has 1 N–H and O–H groups in total. The van der Waals surface area contributed by atoms with Crippen LogP contribution in [0, 0.1) is 17.8 Å². The molecule has 0 saturated heterocycles. The van der Waals surface area contributed by atoms with Gasteiger partial charge in [-0.05, 0) is 31.7 Å². The molecule has 1 rings (SSSR count). The first-order chi connectivity index (χ1) is 7.93. The van der Waals surface area contributed by atoms with Gasteiger partial charge < -0.3 is 10.0 Å². The van der Waals surface area contributed by atoms with Gasteiger partial charge in [-0.15, -0.1) is 0 Å². The summed E-state index contributed by atoms with van der Waals surface area (Å²) in [5.41, 5.74) is 0. The van der Waals surface area contributed by atoms with Crippen LogP contribution >= 0.6 is 0 Å². The maximum atomic E-state index is 10.9. The van der Waals surface area contributed by atoms with Gasteiger partial charge in [0, 0.05) is 12.6 Å². The lowest BCUT2D eigenvalue weighted by molar-refractivity contribution is -0.142. The predicted molar refractivity (Wildman–Crippen MR) is 70.0 cm³/mol. The number of carbonyl (C=O) groups is 1. The average molecular weight is 241 g/mol. The molecule has 100 valence electrons. The number of hydrogen-bond donors (Lipinski definition) is 1. The van der Waals surface area contributed by atoms with E-state index in [0.717, 1.165) is 5.92 Å². The van der Waals surface area contributed by atoms with Crippen molar-refractivity contribution in [1.82, 2.24) is 4.90 Å². The summed E-state index contributed by atoms with van der Waals surface area (Å²) < 4.78 is 0. The van der Waals surface area contributed by atoms with Gasteiger partial charge in [-0.3, -0.25) is 4.79 Å². The lowest BCUT2D eigenvalue weighted by atomic mass is 9.77. The number of carboxylic acid groups (broad SMARTS) is 1. The molecule has 0 aromatic rings. The summed E-state index contributed by atoms with van der Waals surface area (Å²) in [6, 6.07) is 0.575. The van der Waals surface area contributed by atoms with E-state index in [1.165, 1.54) is 25.7 Å². The minimum Gasteiger partial charge on any atom is -0.481 e. The van der Waals surface area contributed by atoms with Gasteiger partial charge in [-0.1, -0.05) is 33.6 Å². The Bertz CT molecular complexity index is 253. The molecule has 0 radical (unpaired) electrons. The summed E-state index contributed by atoms with van der Waals surface area (Å²) in [5, 5.41) is 8.98. The number of hydrogen-bond acceptors (Lipinski definition) is 2. The van der Waals surface area contributed by atoms with Crippen molar-refractivity contribution in [2.24, 2.45) is 17.8 Å². The first-order valence-electron chi connectivity index (χ1n) is 6.86. The van der Waals surface area contributed by atoms with E-state index in [4.69, 9.17) is 5.11 Å². The van der Waals surface area contributed by atoms with Crippen molar-refractivity contribution in [3.05, 3.63) is 0 Å². The van der Waals surface area contributed by atoms with Gasteiger partial charge >= 0.3 is 5.97 Å². The molecule has 1 fully saturated rings. The highest BCUT2D eigenvalue weighted by Crippen LogP contribution is 2.33. The highest BCUT2D eigenvalue weighted by atomic mass is 16.4. The van der Waals surface area contributed by atoms with Crippen LogP contribution in [0.15, 0.2) is 0 Å². The largest absolute Gasteiger partial charge is 0.481 e. The van der Waals surface area contributed by atoms with Gasteiger partial charge in [-0.2, -0.15) is 0 Å². The third-order valence-corrected chi connectivity index (χ3v) is 4.19. The quantitative estimate of drug-likeness (QED) is 0.804. The van der Waals surface area contributed by atoms with Gasteiger partial charge in [0.05, 0.1) is 5.92 Å². The number of nitrogens with zero attached hydrogens (tertiary/aromatic N) is 1. The van der Waals surface area contributed by atoms with Crippen LogP contribution in [0.4, 0.5) is 0 Å². The minimum absolute atomic E-state index is 0.269. The first-order valence-corrected chi connectivity index (χ1v) is 6.86. The van der Waals surface area contributed by atoms with E-state index in [0.29, 0.717) is 18.5 Å². The normalized spacial score (nSPS) is 27.4. The van der Waals surface area contributed by atoms with Crippen LogP contribution in [0.5, 0.6) is 0 Å². The maximum Gasteiger partial charge on any atom is 0.307 e. The lowest BCUT2D eigenvalue weighted by Crippen LogP contribution is -2.44. The van der Waals surface area contributed by atoms with Gasteiger partial charge in [0.2, 0.25) is 0 Å². The van der Waals surface area contributed by atoms with Crippen molar-refractivity contribution in [1.29, 1.82) is 0 Å². The fourth-order valence-corrected chi connectivity index (χ4v) is 3.11. The van der Waals surface area contributed by atoms with Crippen molar-refractivity contribution in [3.8, 4) is 0 Å². The smallest absolute Gasteiger partial charge is 0.307 e. The van der Waals surface area contributed by atoms with Crippen LogP contribution in [0.1, 0.15) is 46.5 Å². The molecule has 3 nitrogen and oxygen atoms in total. The summed E-state index contributed by atoms with van der Waals surface area (Å²) >= 11 is 0. The van der Waals surface area contributed by atoms with E-state index in [1.807, 2.05) is 0 Å². The van der Waals surface area contributed by atoms with Crippen molar-refractivity contribution < 1.29 is 9.90 Å². The number of aliphatic carboxylic acids is 1. The maximum absolute atomic E-state index is 10.9. The van der Waals surface area contributed by atoms with Crippen molar-refractivity contribution >= 4 is 5.97 Å². The zero-order valence-corrected chi connectivity index (χ0v) is 11.6. The summed E-state index contributed by atoms with van der Waals surface area (Å²) in [7, 11) is 2.09. The predicted octanol–water partition coefficient (Wildman–Crippen LogP) is 2.85. The standard InChI is InChI=1S/C14H27NO2/c1-10(2)12-7-5-6-8-13(12)15(4)9-11(3)14(16)17/h10-13H,5-9H2,1-4H3,(H,16,17). The Morgan fingerprint density at radius 3 is 2.41 bits per heavy atom. The molecule has 0 aromatic carbocycles. The Morgan fingerprint density at radius 1 is 1.29 bits per heavy atom. The van der Waals surface area contributed by atoms with E-state index in [2.05, 4.69) is 25.8 Å². The van der Waals surface area contributed by atoms with Crippen LogP contribution in [-0.2, 0) is 4.79 Å². The van der Waals surface area contributed by atoms with E-state index in [9.17, 15) is 4.79 Å². The third kappa shape index (κ3) is 3.98. The van der Waals surface area contributed by atoms with Crippen LogP contribution < -0.4 is 0 Å². The second-order valence-corrected chi connectivity index (χ2v) is 5.94. The Hall–Kier alpha value is -0.570. The van der Waals surface area contributed by atoms with Crippen LogP contribution in [0.2, 0.25) is 0 Å². The zero-order chi connectivity index (χ0) is 13.0. The fraction of sp³-hybridized carbons (Fsp3) is 0.929. The molecule has 3 heteroatoms. The van der Waals surface area contributed by atoms with Gasteiger partial charge in [0.1, 0.15) is 0 Å². The highest BCUT2D eigenvalue weighted by molar-refractivity contribution is 5.69. The molecule has 3 atom stereocenters. The SMILES string of the molecule is CC(CN(C)C1CCCCC1C(C)C)C(=O)O. The van der Waals surface area contributed by atoms with E-state index >= 15 is 0 Å². The Balaban J connectivity index is 2.58. The van der Waals surface area contributed by atoms with Crippen LogP contribution in [0.3, 0.4) is 0 Å². The molecule has 0 aromatic heterocycles. The summed E-state index contributed by atoms with van der Waals surface area (Å²) in [6.45, 7) is 7.05. The third-order valence-electron chi connectivity index (χ3n) is 4.19. The van der Waals surface area contributed by atoms with Crippen LogP contribution in [0.25, 0.3) is 0 Å². The van der Waals surface area contributed by atoms with Crippen molar-refractivity contribution in [2.45, 2.75) is 52.5 Å². The van der Waals surface area contributed by atoms with E-state index < -0.39 is 5.97 Å². The fourth-order valence-electron chi connectivity index (χ4n) is 3.11. The molecular formula is C14H27NO2. The molecule has 0 heterocycles. The first kappa shape index (κ1) is 14.5. The van der Waals surface area contributed by atoms with Crippen molar-refractivity contribution in [2.75, 3.05) is 13.6 Å². The molecule has 0 spiro atoms. The van der Waals surface area contributed by atoms with Crippen molar-refractivity contribution in [3.63, 3.8) is 0 Å². The molecule has 0 amide bonds. The Kier molecular flexibility index (Phi) is 5.44. The highest BCUT2D eigenvalue weighted by Gasteiger charge is 2.31. The Labute approximate surface area is 105 Å². The molecular weight excluding hydrogens is 214 g/mol. The van der Waals surface area contributed by atoms with Crippen LogP contribution in [-0.4, -0.2) is 35.6 Å². The molecule has 1 saturated carbocycles. The van der Waals surface area contributed by atoms with Gasteiger partial charge in [0.25, 0.3) is 0 Å². The monoisotopic (exact) mass is 241 g/mol. The van der Waals surface area contributed by atoms with E-state index in [-0.39, 0.29) is 5.92 Å². The topological polar surface area (TPSA) is 40.5 Å². The summed E-state index contributed by atoms with van der Waals surface area (Å²) in [6.07, 6.45) is 5.15. The lowest BCUT2D eigenvalue weighted by Gasteiger charge is -2.40. The number of carboxylic acids is 1. The number of rotatable bonds is 5. The summed E-state index contributed by atoms with van der Waals surface area (Å²) in [4.78, 5) is 13.2. The second-order valence-electron chi connectivity index (χ2n) is 5.94. The average Bonchev–Trinajstić information content (AvgIpc) is 2.28. The molecule has 1 aliphatic carbocycles.